The van der Waals surface area contributed by atoms with Gasteiger partial charge in [-0.15, -0.1) is 0 Å². The van der Waals surface area contributed by atoms with Crippen molar-refractivity contribution in [2.75, 3.05) is 10.6 Å². The third-order valence-corrected chi connectivity index (χ3v) is 5.79. The Morgan fingerprint density at radius 3 is 1.37 bits per heavy atom. The Morgan fingerprint density at radius 1 is 0.632 bits per heavy atom. The minimum atomic E-state index is -0.152. The predicted octanol–water partition coefficient (Wildman–Crippen LogP) is 6.39. The summed E-state index contributed by atoms with van der Waals surface area (Å²) in [5.74, 6) is 12.3. The lowest BCUT2D eigenvalue weighted by atomic mass is 9.86. The molecule has 2 N–H and O–H groups in total. The zero-order valence-electron chi connectivity index (χ0n) is 23.5. The summed E-state index contributed by atoms with van der Waals surface area (Å²) in [6, 6.07) is 17.3. The summed E-state index contributed by atoms with van der Waals surface area (Å²) in [5.41, 5.74) is 6.05. The van der Waals surface area contributed by atoms with Gasteiger partial charge in [0.05, 0.1) is 11.4 Å². The quantitative estimate of drug-likeness (QED) is 0.396. The molecular weight excluding hydrogens is 470 g/mol. The first-order valence-corrected chi connectivity index (χ1v) is 12.6. The topological polar surface area (TPSA) is 71.1 Å². The Bertz CT molecular complexity index is 1390. The van der Waals surface area contributed by atoms with E-state index in [1.54, 1.807) is 0 Å². The second-order valence-corrected chi connectivity index (χ2v) is 11.3. The van der Waals surface area contributed by atoms with Gasteiger partial charge in [0.1, 0.15) is 11.4 Å². The van der Waals surface area contributed by atoms with Crippen LogP contribution in [0.1, 0.15) is 89.0 Å². The third-order valence-electron chi connectivity index (χ3n) is 5.79. The lowest BCUT2D eigenvalue weighted by molar-refractivity contribution is -0.115. The number of benzene rings is 2. The number of hydrogen-bond acceptors (Lipinski definition) is 3. The lowest BCUT2D eigenvalue weighted by Crippen LogP contribution is -2.13. The minimum absolute atomic E-state index is 0.0562. The van der Waals surface area contributed by atoms with Crippen molar-refractivity contribution >= 4 is 23.2 Å². The summed E-state index contributed by atoms with van der Waals surface area (Å²) in [7, 11) is 0. The SMILES string of the molecule is CC(=O)Nc1ccc(C(C)(C)C)cc1C#Cc1cccc(C#Cc2cc(C(C)(C)C)ccc2NC(C)=O)n1. The van der Waals surface area contributed by atoms with Crippen LogP contribution in [0.2, 0.25) is 0 Å². The number of aromatic nitrogens is 1. The maximum atomic E-state index is 11.7. The molecule has 194 valence electrons. The number of nitrogens with one attached hydrogen (secondary N) is 2. The van der Waals surface area contributed by atoms with Gasteiger partial charge in [-0.2, -0.15) is 0 Å². The maximum Gasteiger partial charge on any atom is 0.221 e. The fourth-order valence-corrected chi connectivity index (χ4v) is 3.66. The fraction of sp³-hybridized carbons (Fsp3) is 0.303. The van der Waals surface area contributed by atoms with E-state index in [1.807, 2.05) is 54.6 Å². The monoisotopic (exact) mass is 505 g/mol. The molecule has 5 nitrogen and oxygen atoms in total. The molecule has 1 aromatic heterocycles. The highest BCUT2D eigenvalue weighted by Crippen LogP contribution is 2.28. The molecule has 0 saturated heterocycles. The molecule has 2 aromatic carbocycles. The van der Waals surface area contributed by atoms with Gasteiger partial charge in [-0.05, 0) is 70.2 Å². The second kappa shape index (κ2) is 11.4. The Balaban J connectivity index is 1.99. The van der Waals surface area contributed by atoms with Crippen LogP contribution in [0.4, 0.5) is 11.4 Å². The van der Waals surface area contributed by atoms with Crippen molar-refractivity contribution in [1.82, 2.24) is 4.98 Å². The number of amides is 2. The van der Waals surface area contributed by atoms with Crippen LogP contribution in [0.15, 0.2) is 54.6 Å². The van der Waals surface area contributed by atoms with Gasteiger partial charge in [0.25, 0.3) is 0 Å². The fourth-order valence-electron chi connectivity index (χ4n) is 3.66. The Labute approximate surface area is 226 Å². The normalized spacial score (nSPS) is 10.9. The van der Waals surface area contributed by atoms with Crippen molar-refractivity contribution in [3.05, 3.63) is 88.2 Å². The summed E-state index contributed by atoms with van der Waals surface area (Å²) < 4.78 is 0. The van der Waals surface area contributed by atoms with Gasteiger partial charge in [-0.3, -0.25) is 9.59 Å². The zero-order valence-corrected chi connectivity index (χ0v) is 23.5. The van der Waals surface area contributed by atoms with Gasteiger partial charge < -0.3 is 10.6 Å². The van der Waals surface area contributed by atoms with Crippen LogP contribution in [-0.4, -0.2) is 16.8 Å². The molecule has 1 heterocycles. The predicted molar refractivity (Wildman–Crippen MR) is 155 cm³/mol. The number of pyridine rings is 1. The molecule has 0 aliphatic carbocycles. The molecule has 0 unspecified atom stereocenters. The van der Waals surface area contributed by atoms with Gasteiger partial charge in [0.2, 0.25) is 11.8 Å². The molecule has 0 aliphatic heterocycles. The number of anilines is 2. The van der Waals surface area contributed by atoms with Crippen LogP contribution < -0.4 is 10.6 Å². The molecule has 0 spiro atoms. The Kier molecular flexibility index (Phi) is 8.44. The van der Waals surface area contributed by atoms with Crippen molar-refractivity contribution in [2.24, 2.45) is 0 Å². The van der Waals surface area contributed by atoms with Gasteiger partial charge >= 0.3 is 0 Å². The molecule has 0 bridgehead atoms. The number of carbonyl (C=O) groups excluding carboxylic acids is 2. The molecule has 0 atom stereocenters. The summed E-state index contributed by atoms with van der Waals surface area (Å²) in [6.07, 6.45) is 0. The summed E-state index contributed by atoms with van der Waals surface area (Å²) in [4.78, 5) is 28.0. The molecular formula is C33H35N3O2. The van der Waals surface area contributed by atoms with Crippen molar-refractivity contribution < 1.29 is 9.59 Å². The standard InChI is InChI=1S/C33H35N3O2/c1-22(37)34-30-18-14-26(32(3,4)5)20-24(30)12-16-28-10-9-11-29(36-28)17-13-25-21-27(33(6,7)8)15-19-31(25)35-23(2)38/h9-11,14-15,18-21H,1-8H3,(H,34,37)(H,35,38). The zero-order chi connectivity index (χ0) is 28.1. The smallest absolute Gasteiger partial charge is 0.221 e. The van der Waals surface area contributed by atoms with Crippen LogP contribution in [0, 0.1) is 23.7 Å². The first-order chi connectivity index (χ1) is 17.7. The van der Waals surface area contributed by atoms with E-state index < -0.39 is 0 Å². The minimum Gasteiger partial charge on any atom is -0.325 e. The van der Waals surface area contributed by atoms with E-state index in [-0.39, 0.29) is 22.6 Å². The highest BCUT2D eigenvalue weighted by Gasteiger charge is 2.16. The average Bonchev–Trinajstić information content (AvgIpc) is 2.81. The van der Waals surface area contributed by atoms with E-state index in [0.29, 0.717) is 22.8 Å². The van der Waals surface area contributed by atoms with Gasteiger partial charge in [0, 0.05) is 25.0 Å². The lowest BCUT2D eigenvalue weighted by Gasteiger charge is -2.20. The van der Waals surface area contributed by atoms with Crippen molar-refractivity contribution in [3.63, 3.8) is 0 Å². The van der Waals surface area contributed by atoms with Crippen LogP contribution in [0.3, 0.4) is 0 Å². The number of hydrogen-bond donors (Lipinski definition) is 2. The van der Waals surface area contributed by atoms with E-state index in [2.05, 4.69) is 80.8 Å². The molecule has 0 fully saturated rings. The first kappa shape index (κ1) is 28.2. The maximum absolute atomic E-state index is 11.7. The number of nitrogens with zero attached hydrogens (tertiary/aromatic N) is 1. The number of rotatable bonds is 2. The van der Waals surface area contributed by atoms with E-state index in [0.717, 1.165) is 22.3 Å². The second-order valence-electron chi connectivity index (χ2n) is 11.3. The van der Waals surface area contributed by atoms with E-state index in [1.165, 1.54) is 13.8 Å². The largest absolute Gasteiger partial charge is 0.325 e. The Hall–Kier alpha value is -4.35. The van der Waals surface area contributed by atoms with Crippen LogP contribution >= 0.6 is 0 Å². The first-order valence-electron chi connectivity index (χ1n) is 12.6. The van der Waals surface area contributed by atoms with Crippen molar-refractivity contribution in [3.8, 4) is 23.7 Å². The molecule has 3 rings (SSSR count). The van der Waals surface area contributed by atoms with Crippen molar-refractivity contribution in [1.29, 1.82) is 0 Å². The van der Waals surface area contributed by atoms with E-state index in [9.17, 15) is 9.59 Å². The molecule has 5 heteroatoms. The van der Waals surface area contributed by atoms with Crippen LogP contribution in [0.25, 0.3) is 0 Å². The van der Waals surface area contributed by atoms with E-state index >= 15 is 0 Å². The van der Waals surface area contributed by atoms with Gasteiger partial charge in [-0.1, -0.05) is 71.6 Å². The summed E-state index contributed by atoms with van der Waals surface area (Å²) in [5, 5.41) is 5.72. The molecule has 38 heavy (non-hydrogen) atoms. The van der Waals surface area contributed by atoms with Crippen molar-refractivity contribution in [2.45, 2.75) is 66.2 Å². The third kappa shape index (κ3) is 7.82. The highest BCUT2D eigenvalue weighted by atomic mass is 16.2. The molecule has 0 aliphatic rings. The number of carbonyl (C=O) groups is 2. The van der Waals surface area contributed by atoms with Gasteiger partial charge in [-0.25, -0.2) is 4.98 Å². The van der Waals surface area contributed by atoms with Crippen LogP contribution in [-0.2, 0) is 20.4 Å². The molecule has 0 radical (unpaired) electrons. The average molecular weight is 506 g/mol. The van der Waals surface area contributed by atoms with Gasteiger partial charge in [0.15, 0.2) is 0 Å². The molecule has 2 amide bonds. The summed E-state index contributed by atoms with van der Waals surface area (Å²) in [6.45, 7) is 15.8. The Morgan fingerprint density at radius 2 is 1.03 bits per heavy atom. The molecule has 0 saturated carbocycles. The highest BCUT2D eigenvalue weighted by molar-refractivity contribution is 5.91. The van der Waals surface area contributed by atoms with Crippen LogP contribution in [0.5, 0.6) is 0 Å². The summed E-state index contributed by atoms with van der Waals surface area (Å²) >= 11 is 0. The van der Waals surface area contributed by atoms with E-state index in [4.69, 9.17) is 0 Å². The molecule has 3 aromatic rings.